The molecule has 3 aromatic carbocycles. The van der Waals surface area contributed by atoms with Crippen molar-refractivity contribution in [3.63, 3.8) is 0 Å². The van der Waals surface area contributed by atoms with E-state index in [2.05, 4.69) is 34.9 Å². The molecule has 4 rings (SSSR count). The molecule has 0 saturated carbocycles. The molecule has 0 spiro atoms. The molecule has 0 aliphatic heterocycles. The maximum atomic E-state index is 11.4. The molecule has 1 amide bonds. The molecule has 4 aromatic rings. The highest BCUT2D eigenvalue weighted by molar-refractivity contribution is 7.98. The van der Waals surface area contributed by atoms with Crippen molar-refractivity contribution in [1.82, 2.24) is 9.55 Å². The van der Waals surface area contributed by atoms with Gasteiger partial charge >= 0.3 is 0 Å². The van der Waals surface area contributed by atoms with E-state index < -0.39 is 5.91 Å². The second-order valence-electron chi connectivity index (χ2n) is 6.62. The van der Waals surface area contributed by atoms with Gasteiger partial charge in [-0.2, -0.15) is 0 Å². The predicted octanol–water partition coefficient (Wildman–Crippen LogP) is 4.67. The lowest BCUT2D eigenvalue weighted by Crippen LogP contribution is -2.10. The third-order valence-corrected chi connectivity index (χ3v) is 5.71. The number of nitrogens with two attached hydrogens (primary N) is 1. The molecule has 140 valence electrons. The Kier molecular flexibility index (Phi) is 5.44. The molecule has 0 fully saturated rings. The van der Waals surface area contributed by atoms with Crippen LogP contribution >= 0.6 is 11.8 Å². The summed E-state index contributed by atoms with van der Waals surface area (Å²) in [5, 5.41) is 0.988. The van der Waals surface area contributed by atoms with E-state index in [4.69, 9.17) is 10.7 Å². The normalized spacial score (nSPS) is 11.0. The van der Waals surface area contributed by atoms with E-state index in [1.54, 1.807) is 17.8 Å². The molecule has 2 N–H and O–H groups in total. The van der Waals surface area contributed by atoms with E-state index >= 15 is 0 Å². The highest BCUT2D eigenvalue weighted by atomic mass is 32.2. The van der Waals surface area contributed by atoms with Gasteiger partial charge < -0.3 is 10.3 Å². The Bertz CT molecular complexity index is 1110. The molecular weight excluding hydrogens is 366 g/mol. The van der Waals surface area contributed by atoms with Gasteiger partial charge in [-0.25, -0.2) is 4.98 Å². The third-order valence-electron chi connectivity index (χ3n) is 4.67. The fraction of sp³-hybridized carbons (Fsp3) is 0.130. The molecule has 0 saturated heterocycles. The fourth-order valence-electron chi connectivity index (χ4n) is 3.23. The molecule has 0 bridgehead atoms. The number of thioether (sulfide) groups is 1. The summed E-state index contributed by atoms with van der Waals surface area (Å²) in [6, 6.07) is 26.2. The van der Waals surface area contributed by atoms with Gasteiger partial charge in [-0.05, 0) is 41.8 Å². The average molecular weight is 388 g/mol. The number of nitrogens with zero attached hydrogens (tertiary/aromatic N) is 2. The molecule has 4 nitrogen and oxygen atoms in total. The molecule has 5 heteroatoms. The number of fused-ring (bicyclic) bond motifs is 1. The van der Waals surface area contributed by atoms with Crippen LogP contribution in [-0.2, 0) is 18.7 Å². The van der Waals surface area contributed by atoms with E-state index in [1.807, 2.05) is 42.5 Å². The van der Waals surface area contributed by atoms with Gasteiger partial charge in [-0.15, -0.1) is 0 Å². The maximum Gasteiger partial charge on any atom is 0.248 e. The summed E-state index contributed by atoms with van der Waals surface area (Å²) in [7, 11) is 0. The Morgan fingerprint density at radius 1 is 0.929 bits per heavy atom. The number of hydrogen-bond donors (Lipinski definition) is 1. The topological polar surface area (TPSA) is 60.9 Å². The van der Waals surface area contributed by atoms with Crippen molar-refractivity contribution in [3.8, 4) is 0 Å². The summed E-state index contributed by atoms with van der Waals surface area (Å²) >= 11 is 1.68. The number of carbonyl (C=O) groups is 1. The summed E-state index contributed by atoms with van der Waals surface area (Å²) in [6.07, 6.45) is 0.950. The van der Waals surface area contributed by atoms with Gasteiger partial charge in [0.25, 0.3) is 0 Å². The van der Waals surface area contributed by atoms with Crippen LogP contribution in [0, 0.1) is 0 Å². The van der Waals surface area contributed by atoms with Crippen LogP contribution in [0.3, 0.4) is 0 Å². The third kappa shape index (κ3) is 4.10. The minimum atomic E-state index is -0.401. The fourth-order valence-corrected chi connectivity index (χ4v) is 4.21. The van der Waals surface area contributed by atoms with Crippen LogP contribution in [0.5, 0.6) is 0 Å². The Labute approximate surface area is 168 Å². The van der Waals surface area contributed by atoms with E-state index in [-0.39, 0.29) is 0 Å². The lowest BCUT2D eigenvalue weighted by atomic mass is 10.1. The van der Waals surface area contributed by atoms with E-state index in [0.717, 1.165) is 40.5 Å². The number of imidazole rings is 1. The molecule has 0 unspecified atom stereocenters. The van der Waals surface area contributed by atoms with Gasteiger partial charge in [0.1, 0.15) is 0 Å². The van der Waals surface area contributed by atoms with Crippen molar-refractivity contribution >= 4 is 28.7 Å². The summed E-state index contributed by atoms with van der Waals surface area (Å²) in [5.74, 6) is 0.331. The average Bonchev–Trinajstić information content (AvgIpc) is 3.09. The van der Waals surface area contributed by atoms with Crippen molar-refractivity contribution < 1.29 is 4.79 Å². The molecule has 1 aromatic heterocycles. The van der Waals surface area contributed by atoms with E-state index in [0.29, 0.717) is 5.56 Å². The molecule has 0 radical (unpaired) electrons. The number of carbonyl (C=O) groups excluding carboxylic acids is 1. The van der Waals surface area contributed by atoms with Gasteiger partial charge in [0.15, 0.2) is 5.16 Å². The molecule has 0 aliphatic carbocycles. The Balaban J connectivity index is 1.57. The number of primary amides is 1. The highest BCUT2D eigenvalue weighted by Gasteiger charge is 2.12. The first kappa shape index (κ1) is 18.3. The van der Waals surface area contributed by atoms with Crippen molar-refractivity contribution in [2.45, 2.75) is 23.9 Å². The van der Waals surface area contributed by atoms with Crippen molar-refractivity contribution in [1.29, 1.82) is 0 Å². The highest BCUT2D eigenvalue weighted by Crippen LogP contribution is 2.27. The van der Waals surface area contributed by atoms with Gasteiger partial charge in [-0.3, -0.25) is 4.79 Å². The molecule has 28 heavy (non-hydrogen) atoms. The SMILES string of the molecule is NC(=O)c1cccc(CSc2nc3ccccc3n2CCc2ccccc2)c1. The summed E-state index contributed by atoms with van der Waals surface area (Å²) in [6.45, 7) is 0.869. The summed E-state index contributed by atoms with van der Waals surface area (Å²) in [5.41, 5.74) is 10.5. The van der Waals surface area contributed by atoms with Crippen molar-refractivity contribution in [3.05, 3.63) is 95.6 Å². The summed E-state index contributed by atoms with van der Waals surface area (Å²) in [4.78, 5) is 16.2. The van der Waals surface area contributed by atoms with Gasteiger partial charge in [0.05, 0.1) is 11.0 Å². The monoisotopic (exact) mass is 387 g/mol. The number of para-hydroxylation sites is 2. The lowest BCUT2D eigenvalue weighted by Gasteiger charge is -2.09. The first-order valence-corrected chi connectivity index (χ1v) is 10.2. The number of hydrogen-bond acceptors (Lipinski definition) is 3. The van der Waals surface area contributed by atoms with E-state index in [9.17, 15) is 4.79 Å². The quantitative estimate of drug-likeness (QED) is 0.469. The van der Waals surface area contributed by atoms with Crippen LogP contribution in [0.1, 0.15) is 21.5 Å². The van der Waals surface area contributed by atoms with Crippen LogP contribution in [-0.4, -0.2) is 15.5 Å². The van der Waals surface area contributed by atoms with Crippen molar-refractivity contribution in [2.75, 3.05) is 0 Å². The largest absolute Gasteiger partial charge is 0.366 e. The number of benzene rings is 3. The van der Waals surface area contributed by atoms with Crippen LogP contribution in [0.2, 0.25) is 0 Å². The zero-order valence-electron chi connectivity index (χ0n) is 15.4. The van der Waals surface area contributed by atoms with Crippen LogP contribution in [0.4, 0.5) is 0 Å². The number of amides is 1. The molecular formula is C23H21N3OS. The van der Waals surface area contributed by atoms with Gasteiger partial charge in [0.2, 0.25) is 5.91 Å². The first-order valence-electron chi connectivity index (χ1n) is 9.21. The number of aromatic nitrogens is 2. The lowest BCUT2D eigenvalue weighted by molar-refractivity contribution is 0.1000. The van der Waals surface area contributed by atoms with Gasteiger partial charge in [0, 0.05) is 17.9 Å². The number of aryl methyl sites for hydroxylation is 2. The van der Waals surface area contributed by atoms with Gasteiger partial charge in [-0.1, -0.05) is 66.4 Å². The minimum Gasteiger partial charge on any atom is -0.366 e. The van der Waals surface area contributed by atoms with E-state index in [1.165, 1.54) is 5.56 Å². The van der Waals surface area contributed by atoms with Crippen LogP contribution < -0.4 is 5.73 Å². The molecule has 0 aliphatic rings. The smallest absolute Gasteiger partial charge is 0.248 e. The molecule has 1 heterocycles. The first-order chi connectivity index (χ1) is 13.7. The predicted molar refractivity (Wildman–Crippen MR) is 114 cm³/mol. The second-order valence-corrected chi connectivity index (χ2v) is 7.57. The standard InChI is InChI=1S/C23H21N3OS/c24-22(27)19-10-6-9-18(15-19)16-28-23-25-20-11-4-5-12-21(20)26(23)14-13-17-7-2-1-3-8-17/h1-12,15H,13-14,16H2,(H2,24,27). The van der Waals surface area contributed by atoms with Crippen LogP contribution in [0.15, 0.2) is 84.0 Å². The Morgan fingerprint density at radius 2 is 1.68 bits per heavy atom. The zero-order valence-corrected chi connectivity index (χ0v) is 16.2. The van der Waals surface area contributed by atoms with Crippen molar-refractivity contribution in [2.24, 2.45) is 5.73 Å². The van der Waals surface area contributed by atoms with Crippen LogP contribution in [0.25, 0.3) is 11.0 Å². The Morgan fingerprint density at radius 3 is 2.50 bits per heavy atom. The number of rotatable bonds is 7. The maximum absolute atomic E-state index is 11.4. The summed E-state index contributed by atoms with van der Waals surface area (Å²) < 4.78 is 2.28. The Hall–Kier alpha value is -3.05. The zero-order chi connectivity index (χ0) is 19.3. The molecule has 0 atom stereocenters. The minimum absolute atomic E-state index is 0.401. The second kappa shape index (κ2) is 8.31.